The third-order valence-electron chi connectivity index (χ3n) is 3.06. The number of fused-ring (bicyclic) bond motifs is 1. The molecule has 0 saturated heterocycles. The number of hydrogen-bond acceptors (Lipinski definition) is 4. The van der Waals surface area contributed by atoms with Gasteiger partial charge in [0.15, 0.2) is 0 Å². The van der Waals surface area contributed by atoms with Crippen molar-refractivity contribution in [3.05, 3.63) is 22.8 Å². The Kier molecular flexibility index (Phi) is 2.25. The van der Waals surface area contributed by atoms with Gasteiger partial charge in [0.1, 0.15) is 10.9 Å². The van der Waals surface area contributed by atoms with Crippen molar-refractivity contribution in [3.8, 4) is 10.7 Å². The predicted octanol–water partition coefficient (Wildman–Crippen LogP) is 1.66. The molecular weight excluding hydrogens is 238 g/mol. The number of thiazole rings is 1. The molecule has 0 radical (unpaired) electrons. The van der Waals surface area contributed by atoms with Gasteiger partial charge < -0.3 is 5.11 Å². The third kappa shape index (κ3) is 1.56. The van der Waals surface area contributed by atoms with E-state index in [0.717, 1.165) is 27.7 Å². The lowest BCUT2D eigenvalue weighted by molar-refractivity contribution is -0.138. The van der Waals surface area contributed by atoms with Gasteiger partial charge in [-0.2, -0.15) is 5.10 Å². The minimum atomic E-state index is -0.773. The van der Waals surface area contributed by atoms with E-state index >= 15 is 0 Å². The van der Waals surface area contributed by atoms with Crippen LogP contribution in [-0.2, 0) is 18.3 Å². The van der Waals surface area contributed by atoms with Gasteiger partial charge >= 0.3 is 5.97 Å². The van der Waals surface area contributed by atoms with Crippen LogP contribution in [0.3, 0.4) is 0 Å². The summed E-state index contributed by atoms with van der Waals surface area (Å²) in [7, 11) is 1.86. The molecule has 17 heavy (non-hydrogen) atoms. The standard InChI is InChI=1S/C11H11N3O2S/c1-14-7(4-5-12-14)10-13-9-6(11(15)16)2-3-8(9)17-10/h4-6H,2-3H2,1H3,(H,15,16). The van der Waals surface area contributed by atoms with E-state index in [0.29, 0.717) is 6.42 Å². The molecule has 1 atom stereocenters. The third-order valence-corrected chi connectivity index (χ3v) is 4.21. The molecule has 88 valence electrons. The first-order valence-electron chi connectivity index (χ1n) is 5.37. The van der Waals surface area contributed by atoms with Crippen molar-refractivity contribution in [2.75, 3.05) is 0 Å². The first-order valence-corrected chi connectivity index (χ1v) is 6.19. The molecule has 2 aromatic heterocycles. The van der Waals surface area contributed by atoms with Crippen molar-refractivity contribution in [3.63, 3.8) is 0 Å². The molecule has 0 saturated carbocycles. The van der Waals surface area contributed by atoms with E-state index in [1.807, 2.05) is 13.1 Å². The summed E-state index contributed by atoms with van der Waals surface area (Å²) in [5.74, 6) is -1.20. The number of aryl methyl sites for hydroxylation is 2. The molecule has 1 N–H and O–H groups in total. The van der Waals surface area contributed by atoms with Crippen molar-refractivity contribution < 1.29 is 9.90 Å². The molecule has 1 aliphatic carbocycles. The highest BCUT2D eigenvalue weighted by molar-refractivity contribution is 7.15. The molecule has 1 aliphatic rings. The summed E-state index contributed by atoms with van der Waals surface area (Å²) < 4.78 is 1.75. The van der Waals surface area contributed by atoms with E-state index in [1.165, 1.54) is 0 Å². The minimum absolute atomic E-state index is 0.428. The number of nitrogens with zero attached hydrogens (tertiary/aromatic N) is 3. The Morgan fingerprint density at radius 3 is 3.12 bits per heavy atom. The Morgan fingerprint density at radius 2 is 2.47 bits per heavy atom. The fraction of sp³-hybridized carbons (Fsp3) is 0.364. The Hall–Kier alpha value is -1.69. The number of carboxylic acids is 1. The van der Waals surface area contributed by atoms with E-state index in [1.54, 1.807) is 22.2 Å². The van der Waals surface area contributed by atoms with Crippen LogP contribution in [0.5, 0.6) is 0 Å². The SMILES string of the molecule is Cn1nccc1-c1nc2c(s1)CCC2C(=O)O. The van der Waals surface area contributed by atoms with Gasteiger partial charge in [-0.25, -0.2) is 4.98 Å². The second-order valence-corrected chi connectivity index (χ2v) is 5.18. The summed E-state index contributed by atoms with van der Waals surface area (Å²) in [5.41, 5.74) is 1.69. The van der Waals surface area contributed by atoms with E-state index in [-0.39, 0.29) is 0 Å². The van der Waals surface area contributed by atoms with Crippen LogP contribution in [-0.4, -0.2) is 25.8 Å². The highest BCUT2D eigenvalue weighted by Gasteiger charge is 2.32. The Balaban J connectivity index is 2.04. The van der Waals surface area contributed by atoms with Crippen molar-refractivity contribution in [2.45, 2.75) is 18.8 Å². The monoisotopic (exact) mass is 249 g/mol. The first kappa shape index (κ1) is 10.5. The van der Waals surface area contributed by atoms with Crippen LogP contribution in [0.1, 0.15) is 22.9 Å². The fourth-order valence-corrected chi connectivity index (χ4v) is 3.36. The maximum atomic E-state index is 11.1. The molecule has 0 amide bonds. The van der Waals surface area contributed by atoms with Crippen molar-refractivity contribution in [2.24, 2.45) is 7.05 Å². The highest BCUT2D eigenvalue weighted by Crippen LogP contribution is 2.39. The number of carboxylic acid groups (broad SMARTS) is 1. The zero-order chi connectivity index (χ0) is 12.0. The average molecular weight is 249 g/mol. The van der Waals surface area contributed by atoms with Crippen LogP contribution < -0.4 is 0 Å². The minimum Gasteiger partial charge on any atom is -0.481 e. The summed E-state index contributed by atoms with van der Waals surface area (Å²) in [6, 6.07) is 1.89. The largest absolute Gasteiger partial charge is 0.481 e. The van der Waals surface area contributed by atoms with Gasteiger partial charge in [-0.1, -0.05) is 0 Å². The smallest absolute Gasteiger partial charge is 0.312 e. The van der Waals surface area contributed by atoms with Gasteiger partial charge in [0, 0.05) is 18.1 Å². The fourth-order valence-electron chi connectivity index (χ4n) is 2.16. The Morgan fingerprint density at radius 1 is 1.65 bits per heavy atom. The van der Waals surface area contributed by atoms with E-state index in [9.17, 15) is 4.79 Å². The van der Waals surface area contributed by atoms with E-state index in [2.05, 4.69) is 10.1 Å². The van der Waals surface area contributed by atoms with Crippen LogP contribution in [0.2, 0.25) is 0 Å². The van der Waals surface area contributed by atoms with Crippen molar-refractivity contribution in [1.29, 1.82) is 0 Å². The van der Waals surface area contributed by atoms with Crippen molar-refractivity contribution >= 4 is 17.3 Å². The molecule has 5 nitrogen and oxygen atoms in total. The summed E-state index contributed by atoms with van der Waals surface area (Å²) >= 11 is 1.58. The molecular formula is C11H11N3O2S. The predicted molar refractivity (Wildman–Crippen MR) is 63.0 cm³/mol. The van der Waals surface area contributed by atoms with Crippen LogP contribution >= 0.6 is 11.3 Å². The zero-order valence-electron chi connectivity index (χ0n) is 9.25. The highest BCUT2D eigenvalue weighted by atomic mass is 32.1. The lowest BCUT2D eigenvalue weighted by Gasteiger charge is -2.01. The van der Waals surface area contributed by atoms with Gasteiger partial charge in [-0.15, -0.1) is 11.3 Å². The average Bonchev–Trinajstić information content (AvgIpc) is 2.89. The summed E-state index contributed by atoms with van der Waals surface area (Å²) in [6.07, 6.45) is 3.22. The Bertz CT molecular complexity index is 587. The van der Waals surface area contributed by atoms with Crippen LogP contribution in [0, 0.1) is 0 Å². The number of carbonyl (C=O) groups is 1. The first-order chi connectivity index (χ1) is 8.16. The van der Waals surface area contributed by atoms with Gasteiger partial charge in [-0.05, 0) is 18.9 Å². The van der Waals surface area contributed by atoms with E-state index < -0.39 is 11.9 Å². The van der Waals surface area contributed by atoms with E-state index in [4.69, 9.17) is 5.11 Å². The molecule has 0 spiro atoms. The Labute approximate surface area is 102 Å². The molecule has 3 rings (SSSR count). The second-order valence-electron chi connectivity index (χ2n) is 4.10. The summed E-state index contributed by atoms with van der Waals surface area (Å²) in [5, 5.41) is 14.1. The molecule has 0 aliphatic heterocycles. The maximum Gasteiger partial charge on any atom is 0.312 e. The summed E-state index contributed by atoms with van der Waals surface area (Å²) in [4.78, 5) is 16.7. The molecule has 1 unspecified atom stereocenters. The summed E-state index contributed by atoms with van der Waals surface area (Å²) in [6.45, 7) is 0. The van der Waals surface area contributed by atoms with Gasteiger partial charge in [0.25, 0.3) is 0 Å². The number of aromatic nitrogens is 3. The number of hydrogen-bond donors (Lipinski definition) is 1. The molecule has 2 aromatic rings. The lowest BCUT2D eigenvalue weighted by Crippen LogP contribution is -2.08. The molecule has 2 heterocycles. The topological polar surface area (TPSA) is 68.0 Å². The molecule has 0 fully saturated rings. The van der Waals surface area contributed by atoms with Crippen LogP contribution in [0.4, 0.5) is 0 Å². The molecule has 0 aromatic carbocycles. The lowest BCUT2D eigenvalue weighted by atomic mass is 10.1. The van der Waals surface area contributed by atoms with Gasteiger partial charge in [0.2, 0.25) is 0 Å². The van der Waals surface area contributed by atoms with Crippen LogP contribution in [0.25, 0.3) is 10.7 Å². The molecule has 6 heteroatoms. The van der Waals surface area contributed by atoms with Crippen LogP contribution in [0.15, 0.2) is 12.3 Å². The second kappa shape index (κ2) is 3.66. The number of aliphatic carboxylic acids is 1. The number of rotatable bonds is 2. The van der Waals surface area contributed by atoms with Gasteiger partial charge in [-0.3, -0.25) is 9.48 Å². The normalized spacial score (nSPS) is 18.3. The molecule has 0 bridgehead atoms. The quantitative estimate of drug-likeness (QED) is 0.878. The van der Waals surface area contributed by atoms with Crippen molar-refractivity contribution in [1.82, 2.24) is 14.8 Å². The maximum absolute atomic E-state index is 11.1. The zero-order valence-corrected chi connectivity index (χ0v) is 10.1. The van der Waals surface area contributed by atoms with Gasteiger partial charge in [0.05, 0.1) is 11.4 Å².